The number of methoxy groups -OCH3 is 1. The minimum absolute atomic E-state index is 0.0214. The van der Waals surface area contributed by atoms with Gasteiger partial charge < -0.3 is 15.0 Å². The van der Waals surface area contributed by atoms with E-state index in [0.29, 0.717) is 6.54 Å². The second-order valence-corrected chi connectivity index (χ2v) is 6.81. The van der Waals surface area contributed by atoms with E-state index in [9.17, 15) is 9.59 Å². The summed E-state index contributed by atoms with van der Waals surface area (Å²) in [6.07, 6.45) is 3.47. The summed E-state index contributed by atoms with van der Waals surface area (Å²) in [5.41, 5.74) is 1.79. The molecule has 1 aliphatic heterocycles. The smallest absolute Gasteiger partial charge is 0.246 e. The van der Waals surface area contributed by atoms with Gasteiger partial charge in [0.25, 0.3) is 0 Å². The summed E-state index contributed by atoms with van der Waals surface area (Å²) in [5.74, 6) is 0.732. The number of rotatable bonds is 5. The number of nitrogens with one attached hydrogen (secondary N) is 1. The average Bonchev–Trinajstić information content (AvgIpc) is 2.61. The highest BCUT2D eigenvalue weighted by molar-refractivity contribution is 5.95. The molecule has 1 aromatic rings. The number of benzene rings is 1. The normalized spacial score (nSPS) is 18.2. The van der Waals surface area contributed by atoms with Crippen molar-refractivity contribution in [2.45, 2.75) is 39.7 Å². The Hall–Kier alpha value is -2.30. The van der Waals surface area contributed by atoms with E-state index in [4.69, 9.17) is 4.74 Å². The number of allylic oxidation sites excluding steroid dienone is 1. The van der Waals surface area contributed by atoms with Crippen molar-refractivity contribution in [1.82, 2.24) is 10.2 Å². The molecule has 5 nitrogen and oxygen atoms in total. The van der Waals surface area contributed by atoms with Crippen molar-refractivity contribution in [3.05, 3.63) is 35.9 Å². The molecule has 1 aliphatic rings. The second kappa shape index (κ2) is 8.70. The number of likely N-dealkylation sites (tertiary alicyclic amines) is 1. The van der Waals surface area contributed by atoms with Gasteiger partial charge in [-0.15, -0.1) is 0 Å². The highest BCUT2D eigenvalue weighted by atomic mass is 16.5. The molecular formula is C20H28N2O3. The van der Waals surface area contributed by atoms with Gasteiger partial charge in [0.05, 0.1) is 7.11 Å². The van der Waals surface area contributed by atoms with Crippen molar-refractivity contribution < 1.29 is 14.3 Å². The number of para-hydroxylation sites is 1. The molecule has 2 rings (SSSR count). The molecule has 0 bridgehead atoms. The largest absolute Gasteiger partial charge is 0.496 e. The molecule has 2 amide bonds. The van der Waals surface area contributed by atoms with E-state index in [1.807, 2.05) is 49.9 Å². The monoisotopic (exact) mass is 344 g/mol. The maximum Gasteiger partial charge on any atom is 0.246 e. The predicted molar refractivity (Wildman–Crippen MR) is 99.2 cm³/mol. The Bertz CT molecular complexity index is 652. The Kier molecular flexibility index (Phi) is 6.62. The minimum atomic E-state index is -0.0428. The SMILES string of the molecule is COc1ccccc1/C(C)=C\C(=O)N1CCC[C@H](NC(=O)C(C)C)C1. The quantitative estimate of drug-likeness (QED) is 0.836. The van der Waals surface area contributed by atoms with Gasteiger partial charge in [0.1, 0.15) is 5.75 Å². The number of hydrogen-bond donors (Lipinski definition) is 1. The van der Waals surface area contributed by atoms with Crippen molar-refractivity contribution in [1.29, 1.82) is 0 Å². The van der Waals surface area contributed by atoms with Crippen LogP contribution in [0.15, 0.2) is 30.3 Å². The molecule has 1 fully saturated rings. The Balaban J connectivity index is 2.05. The van der Waals surface area contributed by atoms with Crippen LogP contribution in [-0.2, 0) is 9.59 Å². The number of piperidine rings is 1. The molecule has 0 unspecified atom stereocenters. The fourth-order valence-electron chi connectivity index (χ4n) is 2.99. The molecule has 0 radical (unpaired) electrons. The van der Waals surface area contributed by atoms with Crippen molar-refractivity contribution >= 4 is 17.4 Å². The van der Waals surface area contributed by atoms with Crippen molar-refractivity contribution in [2.75, 3.05) is 20.2 Å². The first-order valence-corrected chi connectivity index (χ1v) is 8.83. The summed E-state index contributed by atoms with van der Waals surface area (Å²) in [7, 11) is 1.63. The van der Waals surface area contributed by atoms with Crippen LogP contribution >= 0.6 is 0 Å². The molecule has 1 saturated heterocycles. The zero-order chi connectivity index (χ0) is 18.4. The molecular weight excluding hydrogens is 316 g/mol. The van der Waals surface area contributed by atoms with Crippen molar-refractivity contribution in [3.63, 3.8) is 0 Å². The Labute approximate surface area is 150 Å². The molecule has 1 heterocycles. The van der Waals surface area contributed by atoms with Gasteiger partial charge in [-0.3, -0.25) is 9.59 Å². The van der Waals surface area contributed by atoms with Gasteiger partial charge in [0.2, 0.25) is 11.8 Å². The number of carbonyl (C=O) groups is 2. The van der Waals surface area contributed by atoms with Gasteiger partial charge in [0, 0.05) is 36.7 Å². The van der Waals surface area contributed by atoms with Crippen LogP contribution in [0.5, 0.6) is 5.75 Å². The third kappa shape index (κ3) is 5.08. The molecule has 1 atom stereocenters. The lowest BCUT2D eigenvalue weighted by Gasteiger charge is -2.33. The first kappa shape index (κ1) is 19.0. The standard InChI is InChI=1S/C20H28N2O3/c1-14(2)20(24)21-16-8-7-11-22(13-16)19(23)12-15(3)17-9-5-6-10-18(17)25-4/h5-6,9-10,12,14,16H,7-8,11,13H2,1-4H3,(H,21,24)/b15-12-/t16-/m0/s1. The first-order valence-electron chi connectivity index (χ1n) is 8.83. The van der Waals surface area contributed by atoms with Crippen molar-refractivity contribution in [2.24, 2.45) is 5.92 Å². The van der Waals surface area contributed by atoms with E-state index in [0.717, 1.165) is 36.3 Å². The maximum atomic E-state index is 12.6. The molecule has 0 spiro atoms. The third-order valence-corrected chi connectivity index (χ3v) is 4.48. The zero-order valence-corrected chi connectivity index (χ0v) is 15.5. The van der Waals surface area contributed by atoms with Crippen LogP contribution in [0.3, 0.4) is 0 Å². The van der Waals surface area contributed by atoms with Crippen LogP contribution in [0.4, 0.5) is 0 Å². The highest BCUT2D eigenvalue weighted by Gasteiger charge is 2.24. The maximum absolute atomic E-state index is 12.6. The van der Waals surface area contributed by atoms with E-state index >= 15 is 0 Å². The van der Waals surface area contributed by atoms with Gasteiger partial charge in [-0.1, -0.05) is 32.0 Å². The Morgan fingerprint density at radius 2 is 2.04 bits per heavy atom. The van der Waals surface area contributed by atoms with E-state index < -0.39 is 0 Å². The number of hydrogen-bond acceptors (Lipinski definition) is 3. The minimum Gasteiger partial charge on any atom is -0.496 e. The summed E-state index contributed by atoms with van der Waals surface area (Å²) in [6.45, 7) is 6.95. The van der Waals surface area contributed by atoms with Crippen LogP contribution in [0, 0.1) is 5.92 Å². The number of nitrogens with zero attached hydrogens (tertiary/aromatic N) is 1. The van der Waals surface area contributed by atoms with Gasteiger partial charge in [0.15, 0.2) is 0 Å². The predicted octanol–water partition coefficient (Wildman–Crippen LogP) is 2.86. The molecule has 0 saturated carbocycles. The van der Waals surface area contributed by atoms with E-state index in [1.54, 1.807) is 13.2 Å². The Morgan fingerprint density at radius 3 is 2.72 bits per heavy atom. The van der Waals surface area contributed by atoms with Crippen molar-refractivity contribution in [3.8, 4) is 5.75 Å². The molecule has 5 heteroatoms. The lowest BCUT2D eigenvalue weighted by molar-refractivity contribution is -0.130. The van der Waals surface area contributed by atoms with Crippen LogP contribution in [0.1, 0.15) is 39.2 Å². The lowest BCUT2D eigenvalue weighted by Crippen LogP contribution is -2.50. The van der Waals surface area contributed by atoms with Crippen LogP contribution in [0.2, 0.25) is 0 Å². The average molecular weight is 344 g/mol. The number of amides is 2. The summed E-state index contributed by atoms with van der Waals surface area (Å²) in [4.78, 5) is 26.3. The molecule has 25 heavy (non-hydrogen) atoms. The molecule has 0 aromatic heterocycles. The summed E-state index contributed by atoms with van der Waals surface area (Å²) >= 11 is 0. The van der Waals surface area contributed by atoms with Gasteiger partial charge in [-0.25, -0.2) is 0 Å². The summed E-state index contributed by atoms with van der Waals surface area (Å²) in [6, 6.07) is 7.70. The first-order chi connectivity index (χ1) is 11.9. The zero-order valence-electron chi connectivity index (χ0n) is 15.5. The third-order valence-electron chi connectivity index (χ3n) is 4.48. The topological polar surface area (TPSA) is 58.6 Å². The van der Waals surface area contributed by atoms with E-state index in [2.05, 4.69) is 5.32 Å². The fraction of sp³-hybridized carbons (Fsp3) is 0.500. The number of carbonyl (C=O) groups excluding carboxylic acids is 2. The van der Waals surface area contributed by atoms with Crippen LogP contribution < -0.4 is 10.1 Å². The van der Waals surface area contributed by atoms with Crippen LogP contribution in [-0.4, -0.2) is 43.0 Å². The fourth-order valence-corrected chi connectivity index (χ4v) is 2.99. The van der Waals surface area contributed by atoms with Crippen LogP contribution in [0.25, 0.3) is 5.57 Å². The molecule has 1 aromatic carbocycles. The summed E-state index contributed by atoms with van der Waals surface area (Å²) < 4.78 is 5.36. The molecule has 0 aliphatic carbocycles. The van der Waals surface area contributed by atoms with Gasteiger partial charge in [-0.2, -0.15) is 0 Å². The van der Waals surface area contributed by atoms with E-state index in [-0.39, 0.29) is 23.8 Å². The second-order valence-electron chi connectivity index (χ2n) is 6.81. The Morgan fingerprint density at radius 1 is 1.32 bits per heavy atom. The molecule has 1 N–H and O–H groups in total. The highest BCUT2D eigenvalue weighted by Crippen LogP contribution is 2.25. The van der Waals surface area contributed by atoms with Gasteiger partial charge >= 0.3 is 0 Å². The number of ether oxygens (including phenoxy) is 1. The van der Waals surface area contributed by atoms with Gasteiger partial charge in [-0.05, 0) is 31.4 Å². The summed E-state index contributed by atoms with van der Waals surface area (Å²) in [5, 5.41) is 3.03. The van der Waals surface area contributed by atoms with E-state index in [1.165, 1.54) is 0 Å². The lowest BCUT2D eigenvalue weighted by atomic mass is 10.0. The molecule has 136 valence electrons.